The fraction of sp³-hybridized carbons (Fsp3) is 0.389. The third kappa shape index (κ3) is 3.21. The summed E-state index contributed by atoms with van der Waals surface area (Å²) < 4.78 is 4.17. The summed E-state index contributed by atoms with van der Waals surface area (Å²) in [5, 5.41) is 13.7. The van der Waals surface area contributed by atoms with Crippen LogP contribution in [0.4, 0.5) is 0 Å². The van der Waals surface area contributed by atoms with Crippen molar-refractivity contribution in [3.63, 3.8) is 0 Å². The van der Waals surface area contributed by atoms with Crippen LogP contribution in [0.1, 0.15) is 18.6 Å². The van der Waals surface area contributed by atoms with Crippen LogP contribution < -0.4 is 16.6 Å². The number of hydrogen-bond acceptors (Lipinski definition) is 5. The summed E-state index contributed by atoms with van der Waals surface area (Å²) >= 11 is 0. The van der Waals surface area contributed by atoms with Crippen LogP contribution in [-0.2, 0) is 20.6 Å². The standard InChI is InChI=1S/C18H23N5O3/c1-12(15(24)13-7-5-4-6-8-13)19-9-10-23-11-20-16-14(23)17(25)22(3)18(26)21(16)2/h4-8,11-12,15,19,24H,9-10H2,1-3H3/t12-,15-/m1/s1. The Morgan fingerprint density at radius 2 is 1.85 bits per heavy atom. The molecule has 1 aromatic carbocycles. The first kappa shape index (κ1) is 18.1. The molecule has 0 spiro atoms. The molecule has 26 heavy (non-hydrogen) atoms. The number of nitrogens with one attached hydrogen (secondary N) is 1. The van der Waals surface area contributed by atoms with Crippen LogP contribution in [0.25, 0.3) is 11.2 Å². The second-order valence-electron chi connectivity index (χ2n) is 6.41. The van der Waals surface area contributed by atoms with E-state index < -0.39 is 11.8 Å². The smallest absolute Gasteiger partial charge is 0.332 e. The third-order valence-electron chi connectivity index (χ3n) is 4.65. The number of fused-ring (bicyclic) bond motifs is 1. The van der Waals surface area contributed by atoms with E-state index in [1.807, 2.05) is 37.3 Å². The van der Waals surface area contributed by atoms with E-state index in [1.54, 1.807) is 17.9 Å². The lowest BCUT2D eigenvalue weighted by molar-refractivity contribution is 0.135. The van der Waals surface area contributed by atoms with Gasteiger partial charge in [-0.25, -0.2) is 9.78 Å². The second kappa shape index (κ2) is 7.27. The highest BCUT2D eigenvalue weighted by Crippen LogP contribution is 2.15. The van der Waals surface area contributed by atoms with Gasteiger partial charge in [0.15, 0.2) is 11.2 Å². The SMILES string of the molecule is C[C@@H](NCCn1cnc2c1c(=O)n(C)c(=O)n2C)[C@@H](O)c1ccccc1. The summed E-state index contributed by atoms with van der Waals surface area (Å²) in [6, 6.07) is 9.31. The molecule has 138 valence electrons. The zero-order valence-electron chi connectivity index (χ0n) is 15.1. The first-order chi connectivity index (χ1) is 12.4. The molecule has 3 aromatic rings. The van der Waals surface area contributed by atoms with E-state index in [1.165, 1.54) is 11.6 Å². The molecule has 0 saturated heterocycles. The van der Waals surface area contributed by atoms with Crippen molar-refractivity contribution in [3.05, 3.63) is 63.1 Å². The Bertz CT molecular complexity index is 1020. The maximum atomic E-state index is 12.4. The van der Waals surface area contributed by atoms with Gasteiger partial charge >= 0.3 is 5.69 Å². The summed E-state index contributed by atoms with van der Waals surface area (Å²) in [5.74, 6) is 0. The Morgan fingerprint density at radius 3 is 2.54 bits per heavy atom. The van der Waals surface area contributed by atoms with Gasteiger partial charge < -0.3 is 15.0 Å². The van der Waals surface area contributed by atoms with E-state index in [0.717, 1.165) is 10.1 Å². The molecule has 0 fully saturated rings. The van der Waals surface area contributed by atoms with Gasteiger partial charge in [-0.2, -0.15) is 0 Å². The van der Waals surface area contributed by atoms with Gasteiger partial charge in [0, 0.05) is 33.2 Å². The number of nitrogens with zero attached hydrogens (tertiary/aromatic N) is 4. The van der Waals surface area contributed by atoms with Crippen LogP contribution >= 0.6 is 0 Å². The first-order valence-corrected chi connectivity index (χ1v) is 8.49. The minimum absolute atomic E-state index is 0.153. The van der Waals surface area contributed by atoms with E-state index in [0.29, 0.717) is 24.3 Å². The minimum atomic E-state index is -0.621. The monoisotopic (exact) mass is 357 g/mol. The van der Waals surface area contributed by atoms with Crippen LogP contribution in [-0.4, -0.2) is 36.4 Å². The van der Waals surface area contributed by atoms with E-state index in [2.05, 4.69) is 10.3 Å². The molecule has 0 radical (unpaired) electrons. The van der Waals surface area contributed by atoms with Gasteiger partial charge in [-0.05, 0) is 12.5 Å². The highest BCUT2D eigenvalue weighted by Gasteiger charge is 2.17. The van der Waals surface area contributed by atoms with Gasteiger partial charge in [0.05, 0.1) is 12.4 Å². The lowest BCUT2D eigenvalue weighted by Gasteiger charge is -2.20. The fourth-order valence-electron chi connectivity index (χ4n) is 3.03. The van der Waals surface area contributed by atoms with E-state index >= 15 is 0 Å². The molecular formula is C18H23N5O3. The number of imidazole rings is 1. The van der Waals surface area contributed by atoms with Crippen molar-refractivity contribution in [2.24, 2.45) is 14.1 Å². The number of aliphatic hydroxyl groups excluding tert-OH is 1. The number of benzene rings is 1. The van der Waals surface area contributed by atoms with Crippen molar-refractivity contribution < 1.29 is 5.11 Å². The average molecular weight is 357 g/mol. The summed E-state index contributed by atoms with van der Waals surface area (Å²) in [7, 11) is 3.05. The van der Waals surface area contributed by atoms with Crippen LogP contribution in [0.3, 0.4) is 0 Å². The lowest BCUT2D eigenvalue weighted by Crippen LogP contribution is -2.38. The van der Waals surface area contributed by atoms with Crippen LogP contribution in [0, 0.1) is 0 Å². The third-order valence-corrected chi connectivity index (χ3v) is 4.65. The predicted molar refractivity (Wildman–Crippen MR) is 99.1 cm³/mol. The molecule has 2 aromatic heterocycles. The molecule has 3 rings (SSSR count). The summed E-state index contributed by atoms with van der Waals surface area (Å²) in [5.41, 5.74) is 0.857. The lowest BCUT2D eigenvalue weighted by atomic mass is 10.0. The summed E-state index contributed by atoms with van der Waals surface area (Å²) in [6.45, 7) is 2.95. The van der Waals surface area contributed by atoms with Crippen LogP contribution in [0.15, 0.2) is 46.2 Å². The van der Waals surface area contributed by atoms with E-state index in [-0.39, 0.29) is 11.6 Å². The average Bonchev–Trinajstić information content (AvgIpc) is 3.08. The molecule has 0 bridgehead atoms. The van der Waals surface area contributed by atoms with Crippen molar-refractivity contribution >= 4 is 11.2 Å². The molecule has 2 heterocycles. The van der Waals surface area contributed by atoms with Gasteiger partial charge in [0.1, 0.15) is 0 Å². The van der Waals surface area contributed by atoms with E-state index in [4.69, 9.17) is 0 Å². The van der Waals surface area contributed by atoms with Gasteiger partial charge in [-0.15, -0.1) is 0 Å². The molecule has 2 N–H and O–H groups in total. The normalized spacial score (nSPS) is 13.8. The summed E-state index contributed by atoms with van der Waals surface area (Å²) in [4.78, 5) is 28.6. The molecule has 0 aliphatic carbocycles. The second-order valence-corrected chi connectivity index (χ2v) is 6.41. The Hall–Kier alpha value is -2.71. The number of aryl methyl sites for hydroxylation is 1. The van der Waals surface area contributed by atoms with Crippen molar-refractivity contribution in [2.75, 3.05) is 6.54 Å². The number of rotatable bonds is 6. The Kier molecular flexibility index (Phi) is 5.06. The molecular weight excluding hydrogens is 334 g/mol. The van der Waals surface area contributed by atoms with Crippen molar-refractivity contribution in [1.29, 1.82) is 0 Å². The van der Waals surface area contributed by atoms with Gasteiger partial charge in [-0.1, -0.05) is 30.3 Å². The van der Waals surface area contributed by atoms with Crippen LogP contribution in [0.5, 0.6) is 0 Å². The van der Waals surface area contributed by atoms with Crippen molar-refractivity contribution in [3.8, 4) is 0 Å². The molecule has 8 nitrogen and oxygen atoms in total. The molecule has 0 saturated carbocycles. The zero-order chi connectivity index (χ0) is 18.8. The van der Waals surface area contributed by atoms with Crippen molar-refractivity contribution in [2.45, 2.75) is 25.6 Å². The Morgan fingerprint density at radius 1 is 1.15 bits per heavy atom. The highest BCUT2D eigenvalue weighted by molar-refractivity contribution is 5.69. The maximum absolute atomic E-state index is 12.4. The maximum Gasteiger partial charge on any atom is 0.332 e. The van der Waals surface area contributed by atoms with Gasteiger partial charge in [-0.3, -0.25) is 13.9 Å². The van der Waals surface area contributed by atoms with Gasteiger partial charge in [0.2, 0.25) is 0 Å². The topological polar surface area (TPSA) is 94.1 Å². The minimum Gasteiger partial charge on any atom is -0.387 e. The van der Waals surface area contributed by atoms with E-state index in [9.17, 15) is 14.7 Å². The summed E-state index contributed by atoms with van der Waals surface area (Å²) in [6.07, 6.45) is 0.940. The highest BCUT2D eigenvalue weighted by atomic mass is 16.3. The fourth-order valence-corrected chi connectivity index (χ4v) is 3.03. The van der Waals surface area contributed by atoms with Crippen molar-refractivity contribution in [1.82, 2.24) is 24.0 Å². The molecule has 8 heteroatoms. The molecule has 0 aliphatic rings. The van der Waals surface area contributed by atoms with Gasteiger partial charge in [0.25, 0.3) is 5.56 Å². The first-order valence-electron chi connectivity index (χ1n) is 8.49. The molecule has 0 aliphatic heterocycles. The Balaban J connectivity index is 1.73. The zero-order valence-corrected chi connectivity index (χ0v) is 15.1. The number of aromatic nitrogens is 4. The predicted octanol–water partition coefficient (Wildman–Crippen LogP) is 0.145. The number of aliphatic hydroxyl groups is 1. The molecule has 0 unspecified atom stereocenters. The Labute approximate surface area is 150 Å². The molecule has 0 amide bonds. The number of hydrogen-bond donors (Lipinski definition) is 2. The van der Waals surface area contributed by atoms with Crippen LogP contribution in [0.2, 0.25) is 0 Å². The largest absolute Gasteiger partial charge is 0.387 e. The molecule has 2 atom stereocenters. The quantitative estimate of drug-likeness (QED) is 0.655.